The Morgan fingerprint density at radius 3 is 2.17 bits per heavy atom. The van der Waals surface area contributed by atoms with Gasteiger partial charge in [0.05, 0.1) is 5.56 Å². The van der Waals surface area contributed by atoms with Crippen molar-refractivity contribution >= 4 is 40.2 Å². The quantitative estimate of drug-likeness (QED) is 0.713. The van der Waals surface area contributed by atoms with E-state index in [2.05, 4.69) is 26.1 Å². The van der Waals surface area contributed by atoms with Crippen molar-refractivity contribution < 1.29 is 14.7 Å². The molecule has 2 aromatic rings. The second kappa shape index (κ2) is 6.70. The topological polar surface area (TPSA) is 66.4 Å². The van der Waals surface area contributed by atoms with Gasteiger partial charge in [-0.1, -0.05) is 32.9 Å². The summed E-state index contributed by atoms with van der Waals surface area (Å²) in [5.41, 5.74) is 2.35. The van der Waals surface area contributed by atoms with Crippen molar-refractivity contribution in [2.45, 2.75) is 26.2 Å². The molecule has 120 valence electrons. The van der Waals surface area contributed by atoms with Gasteiger partial charge in [-0.15, -0.1) is 0 Å². The molecule has 0 heterocycles. The summed E-state index contributed by atoms with van der Waals surface area (Å²) < 4.78 is 0.627. The smallest absolute Gasteiger partial charge is 0.336 e. The van der Waals surface area contributed by atoms with Gasteiger partial charge in [0.15, 0.2) is 0 Å². The summed E-state index contributed by atoms with van der Waals surface area (Å²) in [6.45, 7) is 6.34. The largest absolute Gasteiger partial charge is 0.478 e. The monoisotopic (exact) mass is 423 g/mol. The van der Waals surface area contributed by atoms with Crippen molar-refractivity contribution in [3.05, 3.63) is 62.7 Å². The van der Waals surface area contributed by atoms with E-state index in [1.807, 2.05) is 34.7 Å². The molecule has 0 aromatic heterocycles. The first-order valence-corrected chi connectivity index (χ1v) is 8.21. The number of amides is 1. The lowest BCUT2D eigenvalue weighted by Crippen LogP contribution is -2.14. The fourth-order valence-electron chi connectivity index (χ4n) is 2.09. The van der Waals surface area contributed by atoms with Crippen LogP contribution in [0.15, 0.2) is 42.5 Å². The molecule has 0 radical (unpaired) electrons. The van der Waals surface area contributed by atoms with Crippen LogP contribution in [0, 0.1) is 3.57 Å². The van der Waals surface area contributed by atoms with E-state index in [9.17, 15) is 9.59 Å². The summed E-state index contributed by atoms with van der Waals surface area (Å²) in [5, 5.41) is 11.9. The van der Waals surface area contributed by atoms with Gasteiger partial charge >= 0.3 is 5.97 Å². The number of hydrogen-bond donors (Lipinski definition) is 2. The third kappa shape index (κ3) is 4.31. The Labute approximate surface area is 149 Å². The maximum Gasteiger partial charge on any atom is 0.336 e. The lowest BCUT2D eigenvalue weighted by Gasteiger charge is -2.19. The van der Waals surface area contributed by atoms with Gasteiger partial charge in [0, 0.05) is 14.8 Å². The highest BCUT2D eigenvalue weighted by Gasteiger charge is 2.15. The Balaban J connectivity index is 2.19. The van der Waals surface area contributed by atoms with E-state index in [0.29, 0.717) is 14.8 Å². The van der Waals surface area contributed by atoms with Crippen LogP contribution in [0.25, 0.3) is 0 Å². The molecule has 0 spiro atoms. The Bertz CT molecular complexity index is 746. The number of halogens is 1. The molecule has 0 aliphatic heterocycles. The van der Waals surface area contributed by atoms with Crippen LogP contribution >= 0.6 is 22.6 Å². The Morgan fingerprint density at radius 1 is 1.04 bits per heavy atom. The summed E-state index contributed by atoms with van der Waals surface area (Å²) in [7, 11) is 0. The first-order valence-electron chi connectivity index (χ1n) is 7.13. The van der Waals surface area contributed by atoms with Crippen LogP contribution in [-0.4, -0.2) is 17.0 Å². The van der Waals surface area contributed by atoms with Crippen molar-refractivity contribution in [3.63, 3.8) is 0 Å². The highest BCUT2D eigenvalue weighted by molar-refractivity contribution is 14.1. The Hall–Kier alpha value is -1.89. The Kier molecular flexibility index (Phi) is 5.09. The first-order chi connectivity index (χ1) is 10.7. The predicted molar refractivity (Wildman–Crippen MR) is 99.2 cm³/mol. The number of nitrogens with one attached hydrogen (secondary N) is 1. The highest BCUT2D eigenvalue weighted by atomic mass is 127. The molecule has 0 aliphatic rings. The molecule has 23 heavy (non-hydrogen) atoms. The number of hydrogen-bond acceptors (Lipinski definition) is 2. The molecule has 1 amide bonds. The minimum atomic E-state index is -1.01. The number of carboxylic acid groups (broad SMARTS) is 1. The van der Waals surface area contributed by atoms with Gasteiger partial charge in [0.25, 0.3) is 5.91 Å². The van der Waals surface area contributed by atoms with E-state index < -0.39 is 5.97 Å². The molecule has 0 saturated heterocycles. The molecule has 0 atom stereocenters. The molecule has 0 bridgehead atoms. The fourth-order valence-corrected chi connectivity index (χ4v) is 2.66. The standard InChI is InChI=1S/C18H18INO3/c1-18(2,3)12-6-4-11(5-7-12)16(21)20-13-8-9-15(19)14(10-13)17(22)23/h4-10H,1-3H3,(H,20,21)(H,22,23). The van der Waals surface area contributed by atoms with E-state index in [-0.39, 0.29) is 16.9 Å². The third-order valence-corrected chi connectivity index (χ3v) is 4.41. The van der Waals surface area contributed by atoms with E-state index in [4.69, 9.17) is 5.11 Å². The number of benzene rings is 2. The van der Waals surface area contributed by atoms with Crippen LogP contribution in [-0.2, 0) is 5.41 Å². The molecule has 4 nitrogen and oxygen atoms in total. The normalized spacial score (nSPS) is 11.1. The molecule has 0 saturated carbocycles. The zero-order chi connectivity index (χ0) is 17.2. The van der Waals surface area contributed by atoms with Crippen LogP contribution in [0.2, 0.25) is 0 Å². The van der Waals surface area contributed by atoms with Crippen molar-refractivity contribution in [3.8, 4) is 0 Å². The van der Waals surface area contributed by atoms with E-state index in [1.165, 1.54) is 6.07 Å². The molecule has 2 N–H and O–H groups in total. The molecular formula is C18H18INO3. The van der Waals surface area contributed by atoms with Crippen molar-refractivity contribution in [1.29, 1.82) is 0 Å². The zero-order valence-corrected chi connectivity index (χ0v) is 15.3. The number of rotatable bonds is 3. The van der Waals surface area contributed by atoms with Crippen LogP contribution in [0.3, 0.4) is 0 Å². The number of carboxylic acids is 1. The fraction of sp³-hybridized carbons (Fsp3) is 0.222. The van der Waals surface area contributed by atoms with Gasteiger partial charge in [-0.2, -0.15) is 0 Å². The third-order valence-electron chi connectivity index (χ3n) is 3.47. The van der Waals surface area contributed by atoms with Crippen LogP contribution < -0.4 is 5.32 Å². The maximum atomic E-state index is 12.3. The van der Waals surface area contributed by atoms with E-state index in [1.54, 1.807) is 24.3 Å². The SMILES string of the molecule is CC(C)(C)c1ccc(C(=O)Nc2ccc(I)c(C(=O)O)c2)cc1. The number of aromatic carboxylic acids is 1. The minimum Gasteiger partial charge on any atom is -0.478 e. The summed E-state index contributed by atoms with van der Waals surface area (Å²) in [5.74, 6) is -1.27. The highest BCUT2D eigenvalue weighted by Crippen LogP contribution is 2.23. The average Bonchev–Trinajstić information content (AvgIpc) is 2.48. The number of carbonyl (C=O) groups is 2. The van der Waals surface area contributed by atoms with Crippen LogP contribution in [0.4, 0.5) is 5.69 Å². The molecule has 2 aromatic carbocycles. The van der Waals surface area contributed by atoms with Gasteiger partial charge in [-0.3, -0.25) is 4.79 Å². The molecule has 5 heteroatoms. The molecule has 2 rings (SSSR count). The predicted octanol–water partition coefficient (Wildman–Crippen LogP) is 4.54. The van der Waals surface area contributed by atoms with Crippen LogP contribution in [0.1, 0.15) is 47.1 Å². The van der Waals surface area contributed by atoms with Crippen molar-refractivity contribution in [1.82, 2.24) is 0 Å². The lowest BCUT2D eigenvalue weighted by atomic mass is 9.87. The van der Waals surface area contributed by atoms with Crippen LogP contribution in [0.5, 0.6) is 0 Å². The number of carbonyl (C=O) groups excluding carboxylic acids is 1. The van der Waals surface area contributed by atoms with Crippen molar-refractivity contribution in [2.75, 3.05) is 5.32 Å². The van der Waals surface area contributed by atoms with Gasteiger partial charge < -0.3 is 10.4 Å². The average molecular weight is 423 g/mol. The van der Waals surface area contributed by atoms with Crippen molar-refractivity contribution in [2.24, 2.45) is 0 Å². The summed E-state index contributed by atoms with van der Waals surface area (Å²) in [4.78, 5) is 23.4. The molecule has 0 fully saturated rings. The van der Waals surface area contributed by atoms with Gasteiger partial charge in [0.1, 0.15) is 0 Å². The zero-order valence-electron chi connectivity index (χ0n) is 13.2. The first kappa shape index (κ1) is 17.5. The van der Waals surface area contributed by atoms with E-state index in [0.717, 1.165) is 5.56 Å². The minimum absolute atomic E-state index is 0.0293. The second-order valence-electron chi connectivity index (χ2n) is 6.28. The van der Waals surface area contributed by atoms with E-state index >= 15 is 0 Å². The maximum absolute atomic E-state index is 12.3. The van der Waals surface area contributed by atoms with Gasteiger partial charge in [-0.25, -0.2) is 4.79 Å². The summed E-state index contributed by atoms with van der Waals surface area (Å²) in [6.07, 6.45) is 0. The molecular weight excluding hydrogens is 405 g/mol. The number of anilines is 1. The Morgan fingerprint density at radius 2 is 1.65 bits per heavy atom. The summed E-state index contributed by atoms with van der Waals surface area (Å²) in [6, 6.07) is 12.3. The second-order valence-corrected chi connectivity index (χ2v) is 7.44. The molecule has 0 unspecified atom stereocenters. The summed E-state index contributed by atoms with van der Waals surface area (Å²) >= 11 is 1.95. The van der Waals surface area contributed by atoms with Gasteiger partial charge in [-0.05, 0) is 63.9 Å². The van der Waals surface area contributed by atoms with Gasteiger partial charge in [0.2, 0.25) is 0 Å². The molecule has 0 aliphatic carbocycles. The lowest BCUT2D eigenvalue weighted by molar-refractivity contribution is 0.0695.